The van der Waals surface area contributed by atoms with Crippen molar-refractivity contribution in [1.82, 2.24) is 20.2 Å². The summed E-state index contributed by atoms with van der Waals surface area (Å²) in [4.78, 5) is 10.8. The van der Waals surface area contributed by atoms with Crippen LogP contribution in [-0.4, -0.2) is 53.4 Å². The zero-order valence-corrected chi connectivity index (χ0v) is 16.2. The number of carbonyl (C=O) groups is 1. The molecule has 1 aromatic rings. The van der Waals surface area contributed by atoms with Crippen LogP contribution in [0.2, 0.25) is 0 Å². The zero-order valence-electron chi connectivity index (χ0n) is 15.4. The lowest BCUT2D eigenvalue weighted by Gasteiger charge is -2.15. The molecule has 25 heavy (non-hydrogen) atoms. The number of aromatic nitrogens is 3. The van der Waals surface area contributed by atoms with E-state index in [0.717, 1.165) is 0 Å². The molecule has 0 aliphatic heterocycles. The Labute approximate surface area is 152 Å². The number of ether oxygens (including phenoxy) is 4. The highest BCUT2D eigenvalue weighted by Crippen LogP contribution is 2.15. The molecular weight excluding hydrogens is 350 g/mol. The largest absolute Gasteiger partial charge is 0.346 e. The second kappa shape index (κ2) is 13.9. The third-order valence-corrected chi connectivity index (χ3v) is 3.12. The van der Waals surface area contributed by atoms with Crippen molar-refractivity contribution < 1.29 is 23.7 Å². The van der Waals surface area contributed by atoms with Gasteiger partial charge < -0.3 is 23.5 Å². The van der Waals surface area contributed by atoms with Gasteiger partial charge in [-0.15, -0.1) is 0 Å². The molecule has 1 aromatic heterocycles. The molecule has 0 bridgehead atoms. The van der Waals surface area contributed by atoms with E-state index in [-0.39, 0.29) is 0 Å². The van der Waals surface area contributed by atoms with E-state index in [1.54, 1.807) is 18.4 Å². The average Bonchev–Trinajstić information content (AvgIpc) is 2.93. The second-order valence-corrected chi connectivity index (χ2v) is 4.83. The minimum Gasteiger partial charge on any atom is -0.346 e. The summed E-state index contributed by atoms with van der Waals surface area (Å²) < 4.78 is 22.9. The van der Waals surface area contributed by atoms with Gasteiger partial charge in [0.2, 0.25) is 12.6 Å². The summed E-state index contributed by atoms with van der Waals surface area (Å²) in [6.45, 7) is 9.34. The molecule has 0 unspecified atom stereocenters. The lowest BCUT2D eigenvalue weighted by molar-refractivity contribution is -0.170. The van der Waals surface area contributed by atoms with Crippen LogP contribution in [0.15, 0.2) is 0 Å². The van der Waals surface area contributed by atoms with Gasteiger partial charge in [0.15, 0.2) is 10.6 Å². The van der Waals surface area contributed by atoms with Gasteiger partial charge in [-0.2, -0.15) is 5.10 Å². The van der Waals surface area contributed by atoms with Gasteiger partial charge in [0.25, 0.3) is 5.91 Å². The summed E-state index contributed by atoms with van der Waals surface area (Å²) in [6, 6.07) is 0. The van der Waals surface area contributed by atoms with Crippen molar-refractivity contribution in [3.63, 3.8) is 0 Å². The van der Waals surface area contributed by atoms with Crippen LogP contribution in [0.3, 0.4) is 0 Å². The van der Waals surface area contributed by atoms with Gasteiger partial charge in [-0.3, -0.25) is 15.3 Å². The van der Waals surface area contributed by atoms with Crippen LogP contribution >= 0.6 is 12.2 Å². The maximum atomic E-state index is 10.8. The first-order valence-electron chi connectivity index (χ1n) is 8.04. The molecule has 0 aromatic carbocycles. The number of nitrogens with zero attached hydrogens (tertiary/aromatic N) is 2. The van der Waals surface area contributed by atoms with Gasteiger partial charge >= 0.3 is 0 Å². The number of amides is 1. The van der Waals surface area contributed by atoms with Crippen LogP contribution in [0.4, 0.5) is 0 Å². The summed E-state index contributed by atoms with van der Waals surface area (Å²) in [5.74, 6) is 5.08. The third kappa shape index (κ3) is 8.52. The van der Waals surface area contributed by atoms with E-state index in [1.165, 1.54) is 0 Å². The molecule has 0 aliphatic rings. The van der Waals surface area contributed by atoms with Crippen LogP contribution in [0.1, 0.15) is 39.8 Å². The fraction of sp³-hybridized carbons (Fsp3) is 0.786. The Bertz CT molecular complexity index is 524. The van der Waals surface area contributed by atoms with Crippen molar-refractivity contribution in [2.24, 2.45) is 12.9 Å². The fourth-order valence-electron chi connectivity index (χ4n) is 1.64. The van der Waals surface area contributed by atoms with Crippen molar-refractivity contribution in [2.45, 2.75) is 40.3 Å². The molecule has 1 amide bonds. The standard InChI is InChI=1S/C8H15N3O2S.C6H14N2O3/c1-4-12-7(13-5-2)6-9-10-8(14)11(6)3;1-3-10-6(11-4-2)5(9)8-7/h7H,4-5H2,1-3H3,(H,10,14);6H,3-4,7H2,1-2H3,(H,8,9). The average molecular weight is 379 g/mol. The van der Waals surface area contributed by atoms with Crippen molar-refractivity contribution >= 4 is 18.1 Å². The molecule has 0 aliphatic carbocycles. The topological polar surface area (TPSA) is 126 Å². The Morgan fingerprint density at radius 3 is 1.96 bits per heavy atom. The van der Waals surface area contributed by atoms with Gasteiger partial charge in [-0.05, 0) is 39.9 Å². The van der Waals surface area contributed by atoms with E-state index >= 15 is 0 Å². The van der Waals surface area contributed by atoms with Gasteiger partial charge in [-0.1, -0.05) is 0 Å². The summed E-state index contributed by atoms with van der Waals surface area (Å²) in [6.07, 6.45) is -1.32. The predicted octanol–water partition coefficient (Wildman–Crippen LogP) is 0.925. The van der Waals surface area contributed by atoms with Crippen LogP contribution in [0, 0.1) is 4.77 Å². The van der Waals surface area contributed by atoms with Crippen molar-refractivity contribution in [3.05, 3.63) is 10.6 Å². The number of hydrogen-bond donors (Lipinski definition) is 3. The second-order valence-electron chi connectivity index (χ2n) is 4.44. The number of hydrogen-bond acceptors (Lipinski definition) is 8. The summed E-state index contributed by atoms with van der Waals surface area (Å²) in [5, 5.41) is 6.74. The first-order chi connectivity index (χ1) is 12.0. The lowest BCUT2D eigenvalue weighted by atomic mass is 10.5. The number of hydrazine groups is 1. The minimum atomic E-state index is -0.880. The molecule has 10 nitrogen and oxygen atoms in total. The zero-order chi connectivity index (χ0) is 19.2. The molecule has 0 spiro atoms. The number of H-pyrrole nitrogens is 1. The predicted molar refractivity (Wildman–Crippen MR) is 93.8 cm³/mol. The van der Waals surface area contributed by atoms with E-state index in [9.17, 15) is 4.79 Å². The summed E-state index contributed by atoms with van der Waals surface area (Å²) >= 11 is 5.00. The molecular formula is C14H29N5O5S. The van der Waals surface area contributed by atoms with E-state index in [4.69, 9.17) is 37.0 Å². The van der Waals surface area contributed by atoms with Gasteiger partial charge in [0.1, 0.15) is 0 Å². The first kappa shape index (κ1) is 23.6. The Morgan fingerprint density at radius 1 is 1.16 bits per heavy atom. The number of rotatable bonds is 10. The van der Waals surface area contributed by atoms with Crippen LogP contribution in [-0.2, 0) is 30.8 Å². The summed E-state index contributed by atoms with van der Waals surface area (Å²) in [5.41, 5.74) is 1.95. The Morgan fingerprint density at radius 2 is 1.64 bits per heavy atom. The third-order valence-electron chi connectivity index (χ3n) is 2.75. The molecule has 0 fully saturated rings. The number of nitrogens with one attached hydrogen (secondary N) is 2. The fourth-order valence-corrected chi connectivity index (χ4v) is 1.78. The van der Waals surface area contributed by atoms with E-state index in [0.29, 0.717) is 37.0 Å². The highest BCUT2D eigenvalue weighted by atomic mass is 32.1. The first-order valence-corrected chi connectivity index (χ1v) is 8.45. The van der Waals surface area contributed by atoms with Crippen LogP contribution in [0.25, 0.3) is 0 Å². The van der Waals surface area contributed by atoms with Crippen LogP contribution < -0.4 is 11.3 Å². The lowest BCUT2D eigenvalue weighted by Crippen LogP contribution is -2.42. The summed E-state index contributed by atoms with van der Waals surface area (Å²) in [7, 11) is 1.83. The molecule has 1 rings (SSSR count). The number of carbonyl (C=O) groups excluding carboxylic acids is 1. The Kier molecular flexibility index (Phi) is 13.1. The maximum absolute atomic E-state index is 10.8. The highest BCUT2D eigenvalue weighted by molar-refractivity contribution is 7.71. The maximum Gasteiger partial charge on any atom is 0.290 e. The number of aromatic amines is 1. The minimum absolute atomic E-state index is 0.415. The van der Waals surface area contributed by atoms with E-state index in [2.05, 4.69) is 10.2 Å². The SMILES string of the molecule is CCOC(OCC)C(=O)NN.CCOC(OCC)c1n[nH]c(=S)n1C. The molecule has 0 atom stereocenters. The molecule has 0 radical (unpaired) electrons. The van der Waals surface area contributed by atoms with Gasteiger partial charge in [0.05, 0.1) is 0 Å². The highest BCUT2D eigenvalue weighted by Gasteiger charge is 2.17. The Balaban J connectivity index is 0.000000477. The Hall–Kier alpha value is -1.37. The smallest absolute Gasteiger partial charge is 0.290 e. The van der Waals surface area contributed by atoms with Crippen LogP contribution in [0.5, 0.6) is 0 Å². The van der Waals surface area contributed by atoms with E-state index in [1.807, 2.05) is 26.3 Å². The molecule has 1 heterocycles. The van der Waals surface area contributed by atoms with Gasteiger partial charge in [-0.25, -0.2) is 5.84 Å². The monoisotopic (exact) mass is 379 g/mol. The number of nitrogens with two attached hydrogens (primary N) is 1. The molecule has 4 N–H and O–H groups in total. The van der Waals surface area contributed by atoms with Crippen molar-refractivity contribution in [1.29, 1.82) is 0 Å². The van der Waals surface area contributed by atoms with Gasteiger partial charge in [0, 0.05) is 33.5 Å². The molecule has 0 saturated heterocycles. The van der Waals surface area contributed by atoms with Crippen molar-refractivity contribution in [2.75, 3.05) is 26.4 Å². The van der Waals surface area contributed by atoms with Crippen molar-refractivity contribution in [3.8, 4) is 0 Å². The van der Waals surface area contributed by atoms with E-state index < -0.39 is 18.5 Å². The molecule has 146 valence electrons. The quantitative estimate of drug-likeness (QED) is 0.180. The molecule has 11 heteroatoms. The molecule has 0 saturated carbocycles. The normalized spacial score (nSPS) is 10.7.